The van der Waals surface area contributed by atoms with Crippen LogP contribution in [0.25, 0.3) is 0 Å². The van der Waals surface area contributed by atoms with Crippen LogP contribution in [0.4, 0.5) is 0 Å². The van der Waals surface area contributed by atoms with E-state index in [2.05, 4.69) is 12.4 Å². The van der Waals surface area contributed by atoms with Crippen LogP contribution in [-0.2, 0) is 4.84 Å². The van der Waals surface area contributed by atoms with Gasteiger partial charge in [0.1, 0.15) is 0 Å². The van der Waals surface area contributed by atoms with Gasteiger partial charge in [0.05, 0.1) is 6.10 Å². The Morgan fingerprint density at radius 2 is 2.22 bits per heavy atom. The average Bonchev–Trinajstić information content (AvgIpc) is 1.91. The van der Waals surface area contributed by atoms with Crippen LogP contribution in [-0.4, -0.2) is 19.2 Å². The highest BCUT2D eigenvalue weighted by atomic mass is 16.7. The topological polar surface area (TPSA) is 47.3 Å². The molecular weight excluding hydrogens is 116 g/mol. The first kappa shape index (κ1) is 8.88. The van der Waals surface area contributed by atoms with Crippen LogP contribution in [0.15, 0.2) is 0 Å². The molecule has 0 aliphatic carbocycles. The first-order chi connectivity index (χ1) is 4.35. The van der Waals surface area contributed by atoms with Crippen LogP contribution >= 0.6 is 0 Å². The highest BCUT2D eigenvalue weighted by Gasteiger charge is 2.00. The summed E-state index contributed by atoms with van der Waals surface area (Å²) in [5.74, 6) is 0. The van der Waals surface area contributed by atoms with Gasteiger partial charge in [-0.05, 0) is 6.42 Å². The molecule has 0 saturated heterocycles. The number of hydroxylamine groups is 1. The Hall–Kier alpha value is -0.120. The van der Waals surface area contributed by atoms with Gasteiger partial charge in [-0.15, -0.1) is 0 Å². The largest absolute Gasteiger partial charge is 0.328 e. The maximum absolute atomic E-state index is 5.36. The van der Waals surface area contributed by atoms with Crippen LogP contribution in [0.2, 0.25) is 0 Å². The summed E-state index contributed by atoms with van der Waals surface area (Å²) in [6.45, 7) is 5.46. The van der Waals surface area contributed by atoms with Gasteiger partial charge in [-0.25, -0.2) is 5.48 Å². The molecular formula is C6H16N2O. The molecule has 9 heavy (non-hydrogen) atoms. The maximum Gasteiger partial charge on any atom is 0.0909 e. The minimum absolute atomic E-state index is 0.171. The predicted molar refractivity (Wildman–Crippen MR) is 37.9 cm³/mol. The minimum Gasteiger partial charge on any atom is -0.328 e. The summed E-state index contributed by atoms with van der Waals surface area (Å²) in [4.78, 5) is 5.11. The van der Waals surface area contributed by atoms with Gasteiger partial charge in [-0.3, -0.25) is 4.84 Å². The quantitative estimate of drug-likeness (QED) is 0.528. The van der Waals surface area contributed by atoms with Crippen LogP contribution in [0.1, 0.15) is 20.3 Å². The molecule has 3 N–H and O–H groups in total. The van der Waals surface area contributed by atoms with Gasteiger partial charge in [-0.1, -0.05) is 13.8 Å². The molecule has 3 heteroatoms. The van der Waals surface area contributed by atoms with E-state index >= 15 is 0 Å². The van der Waals surface area contributed by atoms with Gasteiger partial charge in [0.2, 0.25) is 0 Å². The van der Waals surface area contributed by atoms with Gasteiger partial charge in [-0.2, -0.15) is 0 Å². The maximum atomic E-state index is 5.36. The fourth-order valence-corrected chi connectivity index (χ4v) is 0.499. The number of rotatable bonds is 5. The minimum atomic E-state index is 0.171. The standard InChI is InChI=1S/C6H16N2O/c1-3-6(5-7)9-8-4-2/h6,8H,3-5,7H2,1-2H3. The lowest BCUT2D eigenvalue weighted by Gasteiger charge is -2.11. The smallest absolute Gasteiger partial charge is 0.0909 e. The summed E-state index contributed by atoms with van der Waals surface area (Å²) < 4.78 is 0. The lowest BCUT2D eigenvalue weighted by Crippen LogP contribution is -2.29. The number of nitrogens with two attached hydrogens (primary N) is 1. The molecule has 0 bridgehead atoms. The van der Waals surface area contributed by atoms with E-state index in [0.29, 0.717) is 6.54 Å². The van der Waals surface area contributed by atoms with E-state index in [1.165, 1.54) is 0 Å². The molecule has 1 unspecified atom stereocenters. The lowest BCUT2D eigenvalue weighted by atomic mass is 10.3. The van der Waals surface area contributed by atoms with Crippen molar-refractivity contribution in [2.75, 3.05) is 13.1 Å². The Kier molecular flexibility index (Phi) is 5.93. The molecule has 0 aromatic carbocycles. The van der Waals surface area contributed by atoms with E-state index in [-0.39, 0.29) is 6.10 Å². The molecule has 0 amide bonds. The lowest BCUT2D eigenvalue weighted by molar-refractivity contribution is -0.0187. The Morgan fingerprint density at radius 1 is 1.56 bits per heavy atom. The first-order valence-corrected chi connectivity index (χ1v) is 3.43. The highest BCUT2D eigenvalue weighted by Crippen LogP contribution is 1.90. The van der Waals surface area contributed by atoms with Gasteiger partial charge in [0, 0.05) is 13.1 Å². The molecule has 0 rings (SSSR count). The zero-order valence-electron chi connectivity index (χ0n) is 6.18. The second-order valence-corrected chi connectivity index (χ2v) is 1.88. The van der Waals surface area contributed by atoms with E-state index in [0.717, 1.165) is 13.0 Å². The predicted octanol–water partition coefficient (Wildman–Crippen LogP) is 0.265. The molecule has 0 saturated carbocycles. The van der Waals surface area contributed by atoms with Gasteiger partial charge in [0.25, 0.3) is 0 Å². The van der Waals surface area contributed by atoms with Crippen molar-refractivity contribution in [2.45, 2.75) is 26.4 Å². The molecule has 0 fully saturated rings. The Balaban J connectivity index is 3.09. The van der Waals surface area contributed by atoms with E-state index in [1.807, 2.05) is 6.92 Å². The van der Waals surface area contributed by atoms with Crippen LogP contribution < -0.4 is 11.2 Å². The van der Waals surface area contributed by atoms with Crippen molar-refractivity contribution < 1.29 is 4.84 Å². The summed E-state index contributed by atoms with van der Waals surface area (Å²) in [5, 5.41) is 0. The summed E-state index contributed by atoms with van der Waals surface area (Å²) in [6, 6.07) is 0. The monoisotopic (exact) mass is 132 g/mol. The molecule has 56 valence electrons. The molecule has 0 spiro atoms. The Bertz CT molecular complexity index is 55.0. The summed E-state index contributed by atoms with van der Waals surface area (Å²) in [7, 11) is 0. The zero-order valence-corrected chi connectivity index (χ0v) is 6.18. The van der Waals surface area contributed by atoms with Crippen LogP contribution in [0, 0.1) is 0 Å². The number of hydrogen-bond acceptors (Lipinski definition) is 3. The SMILES string of the molecule is CCNOC(CC)CN. The van der Waals surface area contributed by atoms with Crippen molar-refractivity contribution in [1.29, 1.82) is 0 Å². The fraction of sp³-hybridized carbons (Fsp3) is 1.00. The number of hydrogen-bond donors (Lipinski definition) is 2. The number of nitrogens with one attached hydrogen (secondary N) is 1. The molecule has 0 aliphatic heterocycles. The van der Waals surface area contributed by atoms with Crippen LogP contribution in [0.5, 0.6) is 0 Å². The fourth-order valence-electron chi connectivity index (χ4n) is 0.499. The second-order valence-electron chi connectivity index (χ2n) is 1.88. The third-order valence-corrected chi connectivity index (χ3v) is 1.11. The van der Waals surface area contributed by atoms with E-state index in [4.69, 9.17) is 10.6 Å². The van der Waals surface area contributed by atoms with Crippen molar-refractivity contribution in [3.05, 3.63) is 0 Å². The summed E-state index contributed by atoms with van der Waals surface area (Å²) in [6.07, 6.45) is 1.13. The molecule has 0 heterocycles. The van der Waals surface area contributed by atoms with Crippen molar-refractivity contribution >= 4 is 0 Å². The molecule has 0 radical (unpaired) electrons. The summed E-state index contributed by atoms with van der Waals surface area (Å²) >= 11 is 0. The van der Waals surface area contributed by atoms with E-state index in [9.17, 15) is 0 Å². The molecule has 1 atom stereocenters. The van der Waals surface area contributed by atoms with E-state index in [1.54, 1.807) is 0 Å². The van der Waals surface area contributed by atoms with Gasteiger partial charge >= 0.3 is 0 Å². The van der Waals surface area contributed by atoms with Gasteiger partial charge < -0.3 is 5.73 Å². The van der Waals surface area contributed by atoms with Crippen molar-refractivity contribution in [2.24, 2.45) is 5.73 Å². The average molecular weight is 132 g/mol. The molecule has 0 aliphatic rings. The van der Waals surface area contributed by atoms with Gasteiger partial charge in [0.15, 0.2) is 0 Å². The molecule has 0 aromatic rings. The van der Waals surface area contributed by atoms with Crippen molar-refractivity contribution in [1.82, 2.24) is 5.48 Å². The summed E-state index contributed by atoms with van der Waals surface area (Å²) in [5.41, 5.74) is 8.13. The van der Waals surface area contributed by atoms with E-state index < -0.39 is 0 Å². The van der Waals surface area contributed by atoms with Crippen molar-refractivity contribution in [3.8, 4) is 0 Å². The molecule has 0 aromatic heterocycles. The second kappa shape index (κ2) is 6.01. The normalized spacial score (nSPS) is 13.7. The van der Waals surface area contributed by atoms with Crippen LogP contribution in [0.3, 0.4) is 0 Å². The third kappa shape index (κ3) is 4.39. The third-order valence-electron chi connectivity index (χ3n) is 1.11. The van der Waals surface area contributed by atoms with Crippen molar-refractivity contribution in [3.63, 3.8) is 0 Å². The zero-order chi connectivity index (χ0) is 7.11. The first-order valence-electron chi connectivity index (χ1n) is 3.43. The Morgan fingerprint density at radius 3 is 2.56 bits per heavy atom. The highest BCUT2D eigenvalue weighted by molar-refractivity contribution is 4.52. The Labute approximate surface area is 56.5 Å². The molecule has 3 nitrogen and oxygen atoms in total.